The second-order valence-electron chi connectivity index (χ2n) is 19.4. The minimum Gasteiger partial charge on any atom is -0.345 e. The van der Waals surface area contributed by atoms with Crippen LogP contribution in [0.5, 0.6) is 0 Å². The van der Waals surface area contributed by atoms with Gasteiger partial charge >= 0.3 is 0 Å². The zero-order chi connectivity index (χ0) is 50.8. The number of nitrogens with zero attached hydrogens (tertiary/aromatic N) is 3. The lowest BCUT2D eigenvalue weighted by Crippen LogP contribution is -2.09. The fourth-order valence-corrected chi connectivity index (χ4v) is 10.7. The zero-order valence-electron chi connectivity index (χ0n) is 42.2. The summed E-state index contributed by atoms with van der Waals surface area (Å²) < 4.78 is 2.36. The summed E-state index contributed by atoms with van der Waals surface area (Å²) >= 11 is 0. The molecule has 0 amide bonds. The summed E-state index contributed by atoms with van der Waals surface area (Å²) in [5.74, 6) is 0. The number of fused-ring (bicyclic) bond motifs is 3. The fourth-order valence-electron chi connectivity index (χ4n) is 10.7. The molecule has 76 heavy (non-hydrogen) atoms. The number of anilines is 5. The fraction of sp³-hybridized carbons (Fsp3) is 0.0137. The van der Waals surface area contributed by atoms with E-state index in [0.717, 1.165) is 28.4 Å². The molecule has 0 aliphatic rings. The van der Waals surface area contributed by atoms with Gasteiger partial charge in [0.1, 0.15) is 0 Å². The van der Waals surface area contributed by atoms with Crippen molar-refractivity contribution in [2.24, 2.45) is 0 Å². The van der Waals surface area contributed by atoms with Crippen molar-refractivity contribution in [3.8, 4) is 72.4 Å². The van der Waals surface area contributed by atoms with E-state index >= 15 is 0 Å². The molecule has 0 N–H and O–H groups in total. The number of aromatic nitrogens is 1. The van der Waals surface area contributed by atoms with E-state index in [2.05, 4.69) is 325 Å². The summed E-state index contributed by atoms with van der Waals surface area (Å²) in [6.45, 7) is 0. The van der Waals surface area contributed by atoms with Crippen LogP contribution in [0, 0.1) is 0 Å². The third-order valence-corrected chi connectivity index (χ3v) is 14.9. The maximum Gasteiger partial charge on any atom is 0.0541 e. The van der Waals surface area contributed by atoms with Crippen LogP contribution in [0.25, 0.3) is 94.3 Å². The van der Waals surface area contributed by atoms with Gasteiger partial charge in [0.05, 0.1) is 11.0 Å². The highest BCUT2D eigenvalue weighted by Crippen LogP contribution is 2.39. The highest BCUT2D eigenvalue weighted by Gasteiger charge is 2.15. The van der Waals surface area contributed by atoms with Crippen molar-refractivity contribution < 1.29 is 0 Å². The molecule has 1 aromatic heterocycles. The molecule has 3 nitrogen and oxygen atoms in total. The average molecular weight is 972 g/mol. The summed E-state index contributed by atoms with van der Waals surface area (Å²) in [5.41, 5.74) is 23.6. The smallest absolute Gasteiger partial charge is 0.0541 e. The van der Waals surface area contributed by atoms with Crippen molar-refractivity contribution in [3.05, 3.63) is 303 Å². The molecule has 0 atom stereocenters. The molecule has 0 radical (unpaired) electrons. The topological polar surface area (TPSA) is 11.4 Å². The number of hydrogen-bond acceptors (Lipinski definition) is 2. The van der Waals surface area contributed by atoms with Crippen molar-refractivity contribution in [2.75, 3.05) is 16.8 Å². The van der Waals surface area contributed by atoms with E-state index in [1.54, 1.807) is 0 Å². The molecular weight excluding hydrogens is 919 g/mol. The zero-order valence-corrected chi connectivity index (χ0v) is 42.2. The standard InChI is InChI=1S/C73H53N3/c1-74(64-44-37-59(38-45-64)56-27-21-52(22-28-56)53-25-31-58(32-26-53)61-41-48-69(49-42-61)75(66-13-5-2-6-14-66)67-15-7-3-8-16-67)65-46-39-60(40-47-65)57-29-23-54(24-30-57)55-33-35-62(36-34-55)63-43-50-73-71(51-63)70-19-11-12-20-72(70)76(73)68-17-9-4-10-18-68/h2-51H,1H3. The normalized spacial score (nSPS) is 11.2. The van der Waals surface area contributed by atoms with Crippen LogP contribution in [0.3, 0.4) is 0 Å². The Bertz CT molecular complexity index is 4030. The van der Waals surface area contributed by atoms with Gasteiger partial charge in [-0.25, -0.2) is 0 Å². The maximum absolute atomic E-state index is 2.36. The molecule has 0 fully saturated rings. The van der Waals surface area contributed by atoms with Gasteiger partial charge < -0.3 is 14.4 Å². The summed E-state index contributed by atoms with van der Waals surface area (Å²) in [6.07, 6.45) is 0. The monoisotopic (exact) mass is 971 g/mol. The molecule has 0 unspecified atom stereocenters. The lowest BCUT2D eigenvalue weighted by atomic mass is 9.97. The van der Waals surface area contributed by atoms with Gasteiger partial charge in [0, 0.05) is 51.9 Å². The Morgan fingerprint density at radius 3 is 0.895 bits per heavy atom. The van der Waals surface area contributed by atoms with Gasteiger partial charge in [0.2, 0.25) is 0 Å². The molecule has 360 valence electrons. The van der Waals surface area contributed by atoms with Crippen LogP contribution in [0.2, 0.25) is 0 Å². The van der Waals surface area contributed by atoms with E-state index in [0.29, 0.717) is 0 Å². The minimum atomic E-state index is 1.12. The van der Waals surface area contributed by atoms with Crippen molar-refractivity contribution in [1.29, 1.82) is 0 Å². The summed E-state index contributed by atoms with van der Waals surface area (Å²) in [6, 6.07) is 109. The predicted octanol–water partition coefficient (Wildman–Crippen LogP) is 20.0. The first-order valence-electron chi connectivity index (χ1n) is 26.0. The van der Waals surface area contributed by atoms with E-state index in [9.17, 15) is 0 Å². The van der Waals surface area contributed by atoms with Crippen molar-refractivity contribution in [1.82, 2.24) is 4.57 Å². The van der Waals surface area contributed by atoms with E-state index in [-0.39, 0.29) is 0 Å². The van der Waals surface area contributed by atoms with Gasteiger partial charge in [-0.15, -0.1) is 0 Å². The highest BCUT2D eigenvalue weighted by atomic mass is 15.1. The molecular formula is C73H53N3. The van der Waals surface area contributed by atoms with E-state index in [1.807, 2.05) is 0 Å². The second-order valence-corrected chi connectivity index (χ2v) is 19.4. The highest BCUT2D eigenvalue weighted by molar-refractivity contribution is 6.10. The van der Waals surface area contributed by atoms with E-state index < -0.39 is 0 Å². The Morgan fingerprint density at radius 1 is 0.224 bits per heavy atom. The second kappa shape index (κ2) is 20.2. The lowest BCUT2D eigenvalue weighted by molar-refractivity contribution is 1.18. The first kappa shape index (κ1) is 45.9. The third kappa shape index (κ3) is 9.01. The first-order valence-corrected chi connectivity index (χ1v) is 26.0. The minimum absolute atomic E-state index is 1.12. The number of rotatable bonds is 12. The molecule has 13 aromatic rings. The molecule has 3 heteroatoms. The Hall–Kier alpha value is -9.96. The van der Waals surface area contributed by atoms with E-state index in [1.165, 1.54) is 94.3 Å². The summed E-state index contributed by atoms with van der Waals surface area (Å²) in [5, 5.41) is 2.53. The van der Waals surface area contributed by atoms with Crippen LogP contribution in [-0.2, 0) is 0 Å². The molecule has 0 aliphatic heterocycles. The molecule has 0 saturated carbocycles. The molecule has 13 rings (SSSR count). The third-order valence-electron chi connectivity index (χ3n) is 14.9. The van der Waals surface area contributed by atoms with E-state index in [4.69, 9.17) is 0 Å². The van der Waals surface area contributed by atoms with Gasteiger partial charge in [-0.2, -0.15) is 0 Å². The largest absolute Gasteiger partial charge is 0.345 e. The number of para-hydroxylation sites is 4. The Morgan fingerprint density at radius 2 is 0.500 bits per heavy atom. The van der Waals surface area contributed by atoms with Crippen molar-refractivity contribution in [2.45, 2.75) is 0 Å². The molecule has 1 heterocycles. The molecule has 0 spiro atoms. The summed E-state index contributed by atoms with van der Waals surface area (Å²) in [7, 11) is 2.13. The number of benzene rings is 12. The summed E-state index contributed by atoms with van der Waals surface area (Å²) in [4.78, 5) is 4.53. The maximum atomic E-state index is 2.36. The molecule has 0 bridgehead atoms. The van der Waals surface area contributed by atoms with Crippen LogP contribution in [0.1, 0.15) is 0 Å². The van der Waals surface area contributed by atoms with Crippen molar-refractivity contribution >= 4 is 50.2 Å². The Balaban J connectivity index is 0.638. The quantitative estimate of drug-likeness (QED) is 0.121. The SMILES string of the molecule is CN(c1ccc(-c2ccc(-c3ccc(-c4ccc(N(c5ccccc5)c5ccccc5)cc4)cc3)cc2)cc1)c1ccc(-c2ccc(-c3ccc(-c4ccc5c(c4)c4ccccc4n5-c4ccccc4)cc3)cc2)cc1. The molecule has 0 saturated heterocycles. The average Bonchev–Trinajstić information content (AvgIpc) is 3.85. The van der Waals surface area contributed by atoms with Crippen LogP contribution < -0.4 is 9.80 Å². The van der Waals surface area contributed by atoms with Gasteiger partial charge in [0.25, 0.3) is 0 Å². The van der Waals surface area contributed by atoms with Crippen LogP contribution >= 0.6 is 0 Å². The molecule has 0 aliphatic carbocycles. The van der Waals surface area contributed by atoms with Gasteiger partial charge in [-0.1, -0.05) is 212 Å². The van der Waals surface area contributed by atoms with Gasteiger partial charge in [-0.3, -0.25) is 0 Å². The van der Waals surface area contributed by atoms with Crippen LogP contribution in [0.15, 0.2) is 303 Å². The van der Waals surface area contributed by atoms with Gasteiger partial charge in [-0.05, 0) is 158 Å². The Kier molecular flexibility index (Phi) is 12.2. The van der Waals surface area contributed by atoms with Crippen LogP contribution in [0.4, 0.5) is 28.4 Å². The van der Waals surface area contributed by atoms with Crippen LogP contribution in [-0.4, -0.2) is 11.6 Å². The number of hydrogen-bond donors (Lipinski definition) is 0. The first-order chi connectivity index (χ1) is 37.6. The predicted molar refractivity (Wildman–Crippen MR) is 323 cm³/mol. The lowest BCUT2D eigenvalue weighted by Gasteiger charge is -2.25. The molecule has 12 aromatic carbocycles. The van der Waals surface area contributed by atoms with Gasteiger partial charge in [0.15, 0.2) is 0 Å². The van der Waals surface area contributed by atoms with Crippen molar-refractivity contribution in [3.63, 3.8) is 0 Å². The Labute approximate surface area is 445 Å².